The second-order valence-corrected chi connectivity index (χ2v) is 10.9. The molecule has 0 spiro atoms. The van der Waals surface area contributed by atoms with E-state index < -0.39 is 12.0 Å². The zero-order valence-corrected chi connectivity index (χ0v) is 23.8. The fourth-order valence-corrected chi connectivity index (χ4v) is 5.68. The van der Waals surface area contributed by atoms with E-state index in [0.717, 1.165) is 83.1 Å². The van der Waals surface area contributed by atoms with Crippen molar-refractivity contribution < 1.29 is 23.9 Å². The molecule has 0 bridgehead atoms. The molecule has 1 aromatic rings. The Kier molecular flexibility index (Phi) is 13.6. The summed E-state index contributed by atoms with van der Waals surface area (Å²) in [5.74, 6) is 1.09. The molecule has 2 aliphatic rings. The van der Waals surface area contributed by atoms with Crippen LogP contribution in [-0.4, -0.2) is 64.2 Å². The molecule has 2 heterocycles. The predicted molar refractivity (Wildman–Crippen MR) is 151 cm³/mol. The maximum atomic E-state index is 13.3. The highest BCUT2D eigenvalue weighted by Gasteiger charge is 2.25. The summed E-state index contributed by atoms with van der Waals surface area (Å²) in [6.45, 7) is 6.10. The van der Waals surface area contributed by atoms with Crippen molar-refractivity contribution >= 4 is 17.8 Å². The Morgan fingerprint density at radius 3 is 2.15 bits per heavy atom. The SMILES string of the molecule is CCOC(=O)CC(NC(=O)CNC(=O)C(CCC1CCNCC1)CCC1CCNCC1)c1cccc(OC)c1. The third-order valence-corrected chi connectivity index (χ3v) is 8.07. The molecule has 0 aromatic heterocycles. The molecule has 2 saturated heterocycles. The van der Waals surface area contributed by atoms with Crippen molar-refractivity contribution in [3.63, 3.8) is 0 Å². The third kappa shape index (κ3) is 11.2. The maximum absolute atomic E-state index is 13.3. The van der Waals surface area contributed by atoms with E-state index in [0.29, 0.717) is 17.6 Å². The Labute approximate surface area is 233 Å². The number of carbonyl (C=O) groups excluding carboxylic acids is 3. The molecular weight excluding hydrogens is 496 g/mol. The first-order chi connectivity index (χ1) is 19.0. The summed E-state index contributed by atoms with van der Waals surface area (Å²) in [5, 5.41) is 12.6. The Hall–Kier alpha value is -2.65. The Morgan fingerprint density at radius 1 is 0.974 bits per heavy atom. The van der Waals surface area contributed by atoms with Crippen LogP contribution in [0.25, 0.3) is 0 Å². The molecular formula is C30H48N4O5. The molecule has 1 atom stereocenters. The van der Waals surface area contributed by atoms with Crippen molar-refractivity contribution in [3.05, 3.63) is 29.8 Å². The number of rotatable bonds is 15. The molecule has 39 heavy (non-hydrogen) atoms. The highest BCUT2D eigenvalue weighted by Crippen LogP contribution is 2.27. The van der Waals surface area contributed by atoms with Crippen LogP contribution in [0.4, 0.5) is 0 Å². The van der Waals surface area contributed by atoms with E-state index in [1.165, 1.54) is 0 Å². The minimum atomic E-state index is -0.584. The predicted octanol–water partition coefficient (Wildman–Crippen LogP) is 3.10. The van der Waals surface area contributed by atoms with E-state index in [1.54, 1.807) is 26.2 Å². The molecule has 9 nitrogen and oxygen atoms in total. The van der Waals surface area contributed by atoms with Crippen LogP contribution in [0.3, 0.4) is 0 Å². The van der Waals surface area contributed by atoms with Gasteiger partial charge in [0.1, 0.15) is 5.75 Å². The highest BCUT2D eigenvalue weighted by atomic mass is 16.5. The highest BCUT2D eigenvalue weighted by molar-refractivity contribution is 5.86. The first-order valence-corrected chi connectivity index (χ1v) is 14.8. The summed E-state index contributed by atoms with van der Waals surface area (Å²) in [7, 11) is 1.57. The number of nitrogens with one attached hydrogen (secondary N) is 4. The quantitative estimate of drug-likeness (QED) is 0.251. The van der Waals surface area contributed by atoms with Crippen molar-refractivity contribution in [1.29, 1.82) is 0 Å². The van der Waals surface area contributed by atoms with Crippen LogP contribution >= 0.6 is 0 Å². The molecule has 0 saturated carbocycles. The minimum absolute atomic E-state index is 0.00416. The summed E-state index contributed by atoms with van der Waals surface area (Å²) >= 11 is 0. The van der Waals surface area contributed by atoms with Gasteiger partial charge in [0.15, 0.2) is 0 Å². The van der Waals surface area contributed by atoms with Gasteiger partial charge in [0.05, 0.1) is 32.7 Å². The summed E-state index contributed by atoms with van der Waals surface area (Å²) in [6.07, 6.45) is 8.47. The lowest BCUT2D eigenvalue weighted by Crippen LogP contribution is -2.41. The van der Waals surface area contributed by atoms with E-state index in [4.69, 9.17) is 9.47 Å². The number of amides is 2. The van der Waals surface area contributed by atoms with Gasteiger partial charge in [-0.2, -0.15) is 0 Å². The lowest BCUT2D eigenvalue weighted by atomic mass is 9.84. The van der Waals surface area contributed by atoms with E-state index >= 15 is 0 Å². The Morgan fingerprint density at radius 2 is 1.59 bits per heavy atom. The zero-order valence-electron chi connectivity index (χ0n) is 23.8. The largest absolute Gasteiger partial charge is 0.497 e. The van der Waals surface area contributed by atoms with Gasteiger partial charge in [0.25, 0.3) is 0 Å². The van der Waals surface area contributed by atoms with Gasteiger partial charge in [-0.1, -0.05) is 12.1 Å². The molecule has 0 aliphatic carbocycles. The second-order valence-electron chi connectivity index (χ2n) is 10.9. The van der Waals surface area contributed by atoms with Gasteiger partial charge in [0.2, 0.25) is 11.8 Å². The number of carbonyl (C=O) groups is 3. The molecule has 4 N–H and O–H groups in total. The number of esters is 1. The van der Waals surface area contributed by atoms with Crippen molar-refractivity contribution in [2.24, 2.45) is 17.8 Å². The lowest BCUT2D eigenvalue weighted by molar-refractivity contribution is -0.144. The minimum Gasteiger partial charge on any atom is -0.497 e. The third-order valence-electron chi connectivity index (χ3n) is 8.07. The van der Waals surface area contributed by atoms with E-state index in [9.17, 15) is 14.4 Å². The summed E-state index contributed by atoms with van der Waals surface area (Å²) in [5.41, 5.74) is 0.740. The van der Waals surface area contributed by atoms with Gasteiger partial charge in [-0.05, 0) is 114 Å². The molecule has 218 valence electrons. The number of hydrogen-bond acceptors (Lipinski definition) is 7. The Bertz CT molecular complexity index is 877. The smallest absolute Gasteiger partial charge is 0.308 e. The summed E-state index contributed by atoms with van der Waals surface area (Å²) < 4.78 is 10.4. The van der Waals surface area contributed by atoms with Gasteiger partial charge >= 0.3 is 5.97 Å². The standard InChI is InChI=1S/C30H48N4O5/c1-3-39-29(36)20-27(25-5-4-6-26(19-25)38-2)34-28(35)21-33-30(37)24(9-7-22-11-15-31-16-12-22)10-8-23-13-17-32-18-14-23/h4-6,19,22-24,27,31-32H,3,7-18,20-21H2,1-2H3,(H,33,37)(H,34,35). The average Bonchev–Trinajstić information content (AvgIpc) is 2.97. The summed E-state index contributed by atoms with van der Waals surface area (Å²) in [6, 6.07) is 6.67. The average molecular weight is 545 g/mol. The first-order valence-electron chi connectivity index (χ1n) is 14.8. The van der Waals surface area contributed by atoms with Crippen LogP contribution in [-0.2, 0) is 19.1 Å². The molecule has 1 unspecified atom stereocenters. The van der Waals surface area contributed by atoms with Crippen LogP contribution < -0.4 is 26.0 Å². The number of piperidine rings is 2. The first kappa shape index (κ1) is 30.9. The van der Waals surface area contributed by atoms with Gasteiger partial charge < -0.3 is 30.7 Å². The number of ether oxygens (including phenoxy) is 2. The topological polar surface area (TPSA) is 118 Å². The number of hydrogen-bond donors (Lipinski definition) is 4. The molecule has 1 aromatic carbocycles. The molecule has 9 heteroatoms. The van der Waals surface area contributed by atoms with Gasteiger partial charge in [-0.3, -0.25) is 14.4 Å². The van der Waals surface area contributed by atoms with Gasteiger partial charge in [-0.15, -0.1) is 0 Å². The summed E-state index contributed by atoms with van der Waals surface area (Å²) in [4.78, 5) is 38.5. The second kappa shape index (κ2) is 17.1. The maximum Gasteiger partial charge on any atom is 0.308 e. The Balaban J connectivity index is 1.56. The van der Waals surface area contributed by atoms with Gasteiger partial charge in [-0.25, -0.2) is 0 Å². The van der Waals surface area contributed by atoms with Crippen LogP contribution in [0.1, 0.15) is 76.3 Å². The van der Waals surface area contributed by atoms with Gasteiger partial charge in [0, 0.05) is 5.92 Å². The van der Waals surface area contributed by atoms with Crippen LogP contribution in [0, 0.1) is 17.8 Å². The van der Waals surface area contributed by atoms with E-state index in [-0.39, 0.29) is 37.3 Å². The van der Waals surface area contributed by atoms with E-state index in [2.05, 4.69) is 21.3 Å². The molecule has 3 rings (SSSR count). The van der Waals surface area contributed by atoms with Crippen LogP contribution in [0.5, 0.6) is 5.75 Å². The fourth-order valence-electron chi connectivity index (χ4n) is 5.68. The zero-order chi connectivity index (χ0) is 27.9. The monoisotopic (exact) mass is 544 g/mol. The number of methoxy groups -OCH3 is 1. The van der Waals surface area contributed by atoms with Crippen molar-refractivity contribution in [2.45, 2.75) is 70.8 Å². The van der Waals surface area contributed by atoms with Crippen molar-refractivity contribution in [3.8, 4) is 5.75 Å². The number of benzene rings is 1. The van der Waals surface area contributed by atoms with Crippen LogP contribution in [0.15, 0.2) is 24.3 Å². The molecule has 2 fully saturated rings. The van der Waals surface area contributed by atoms with E-state index in [1.807, 2.05) is 12.1 Å². The molecule has 0 radical (unpaired) electrons. The molecule has 2 aliphatic heterocycles. The fraction of sp³-hybridized carbons (Fsp3) is 0.700. The molecule has 2 amide bonds. The van der Waals surface area contributed by atoms with Crippen molar-refractivity contribution in [1.82, 2.24) is 21.3 Å². The normalized spacial score (nSPS) is 17.4. The van der Waals surface area contributed by atoms with Crippen molar-refractivity contribution in [2.75, 3.05) is 46.4 Å². The lowest BCUT2D eigenvalue weighted by Gasteiger charge is -2.27. The van der Waals surface area contributed by atoms with Crippen LogP contribution in [0.2, 0.25) is 0 Å².